The maximum absolute atomic E-state index is 4.29. The van der Waals surface area contributed by atoms with E-state index in [0.717, 1.165) is 12.0 Å². The first-order chi connectivity index (χ1) is 9.10. The summed E-state index contributed by atoms with van der Waals surface area (Å²) < 4.78 is 0. The van der Waals surface area contributed by atoms with Crippen LogP contribution in [0.25, 0.3) is 0 Å². The van der Waals surface area contributed by atoms with E-state index in [1.807, 2.05) is 19.3 Å². The zero-order valence-electron chi connectivity index (χ0n) is 13.3. The number of aliphatic imine (C=N–C) groups is 1. The van der Waals surface area contributed by atoms with Gasteiger partial charge in [-0.1, -0.05) is 19.1 Å². The van der Waals surface area contributed by atoms with Crippen molar-refractivity contribution >= 4 is 6.21 Å². The Kier molecular flexibility index (Phi) is 7.07. The molecule has 0 bridgehead atoms. The predicted molar refractivity (Wildman–Crippen MR) is 85.7 cm³/mol. The van der Waals surface area contributed by atoms with Crippen LogP contribution in [0.1, 0.15) is 53.4 Å². The van der Waals surface area contributed by atoms with Gasteiger partial charge in [-0.15, -0.1) is 0 Å². The Balaban J connectivity index is 2.70. The normalized spacial score (nSPS) is 27.6. The Morgan fingerprint density at radius 2 is 1.84 bits per heavy atom. The quantitative estimate of drug-likeness (QED) is 0.528. The topological polar surface area (TPSA) is 15.6 Å². The fraction of sp³-hybridized carbons (Fsp3) is 0.706. The highest BCUT2D eigenvalue weighted by molar-refractivity contribution is 5.54. The Labute approximate surface area is 119 Å². The van der Waals surface area contributed by atoms with Crippen molar-refractivity contribution < 1.29 is 0 Å². The lowest BCUT2D eigenvalue weighted by atomic mass is 9.86. The summed E-state index contributed by atoms with van der Waals surface area (Å²) in [6.07, 6.45) is 13.5. The van der Waals surface area contributed by atoms with Gasteiger partial charge in [-0.2, -0.15) is 0 Å². The summed E-state index contributed by atoms with van der Waals surface area (Å²) in [6.45, 7) is 8.69. The average molecular weight is 262 g/mol. The van der Waals surface area contributed by atoms with Gasteiger partial charge >= 0.3 is 0 Å². The molecule has 2 heteroatoms. The van der Waals surface area contributed by atoms with Crippen LogP contribution in [0.2, 0.25) is 0 Å². The molecule has 1 unspecified atom stereocenters. The van der Waals surface area contributed by atoms with Gasteiger partial charge in [0.25, 0.3) is 0 Å². The second-order valence-corrected chi connectivity index (χ2v) is 5.79. The molecule has 0 aromatic heterocycles. The molecule has 1 rings (SSSR count). The van der Waals surface area contributed by atoms with Crippen molar-refractivity contribution in [3.8, 4) is 0 Å². The molecule has 1 saturated carbocycles. The number of allylic oxidation sites excluding steroid dienone is 1. The molecule has 0 radical (unpaired) electrons. The predicted octanol–water partition coefficient (Wildman–Crippen LogP) is 4.44. The second kappa shape index (κ2) is 8.31. The molecule has 0 spiro atoms. The van der Waals surface area contributed by atoms with E-state index in [9.17, 15) is 0 Å². The summed E-state index contributed by atoms with van der Waals surface area (Å²) in [5.41, 5.74) is 1.29. The molecule has 19 heavy (non-hydrogen) atoms. The summed E-state index contributed by atoms with van der Waals surface area (Å²) >= 11 is 0. The summed E-state index contributed by atoms with van der Waals surface area (Å²) in [5.74, 6) is 0.912. The van der Waals surface area contributed by atoms with Gasteiger partial charge in [0, 0.05) is 24.5 Å². The van der Waals surface area contributed by atoms with Crippen molar-refractivity contribution in [1.29, 1.82) is 0 Å². The Morgan fingerprint density at radius 1 is 1.21 bits per heavy atom. The van der Waals surface area contributed by atoms with E-state index in [2.05, 4.69) is 49.9 Å². The molecular weight excluding hydrogens is 232 g/mol. The first-order valence-corrected chi connectivity index (χ1v) is 7.62. The zero-order chi connectivity index (χ0) is 14.3. The van der Waals surface area contributed by atoms with E-state index in [1.54, 1.807) is 0 Å². The second-order valence-electron chi connectivity index (χ2n) is 5.79. The van der Waals surface area contributed by atoms with Crippen molar-refractivity contribution in [2.45, 2.75) is 65.5 Å². The molecule has 0 amide bonds. The van der Waals surface area contributed by atoms with Crippen molar-refractivity contribution in [3.63, 3.8) is 0 Å². The first-order valence-electron chi connectivity index (χ1n) is 7.62. The number of nitrogens with zero attached hydrogens (tertiary/aromatic N) is 2. The van der Waals surface area contributed by atoms with Crippen LogP contribution in [-0.2, 0) is 0 Å². The van der Waals surface area contributed by atoms with Crippen molar-refractivity contribution in [2.24, 2.45) is 10.9 Å². The van der Waals surface area contributed by atoms with Crippen molar-refractivity contribution in [1.82, 2.24) is 4.90 Å². The first kappa shape index (κ1) is 16.2. The van der Waals surface area contributed by atoms with Crippen LogP contribution in [0.4, 0.5) is 0 Å². The molecule has 0 heterocycles. The fourth-order valence-electron chi connectivity index (χ4n) is 2.84. The third-order valence-electron chi connectivity index (χ3n) is 4.39. The monoisotopic (exact) mass is 262 g/mol. The third kappa shape index (κ3) is 4.94. The minimum atomic E-state index is 0.429. The molecule has 1 aliphatic carbocycles. The third-order valence-corrected chi connectivity index (χ3v) is 4.39. The molecular formula is C17H30N2. The van der Waals surface area contributed by atoms with Crippen molar-refractivity contribution in [2.75, 3.05) is 7.05 Å². The van der Waals surface area contributed by atoms with Gasteiger partial charge in [0.1, 0.15) is 0 Å². The molecule has 0 aliphatic heterocycles. The Morgan fingerprint density at radius 3 is 2.37 bits per heavy atom. The number of rotatable bonds is 5. The van der Waals surface area contributed by atoms with E-state index in [4.69, 9.17) is 0 Å². The standard InChI is InChI=1S/C17H30N2/c1-6-8-16(13-18-7-2)15(4)19(5)17-11-9-14(3)10-12-17/h6-8,13-15,17H,9-12H2,1-5H3/b8-6-,16-13+,18-7?. The Bertz CT molecular complexity index is 333. The van der Waals surface area contributed by atoms with Gasteiger partial charge in [-0.3, -0.25) is 9.89 Å². The van der Waals surface area contributed by atoms with Crippen LogP contribution < -0.4 is 0 Å². The summed E-state index contributed by atoms with van der Waals surface area (Å²) in [5, 5.41) is 0. The Hall–Kier alpha value is -0.890. The number of likely N-dealkylation sites (N-methyl/N-ethyl adjacent to an activating group) is 1. The number of hydrogen-bond acceptors (Lipinski definition) is 2. The SMILES string of the molecule is CC=N/C=C(\C=C/C)C(C)N(C)C1CCC(C)CC1. The molecule has 2 nitrogen and oxygen atoms in total. The van der Waals surface area contributed by atoms with Crippen LogP contribution in [0, 0.1) is 5.92 Å². The smallest absolute Gasteiger partial charge is 0.0334 e. The highest BCUT2D eigenvalue weighted by Crippen LogP contribution is 2.28. The van der Waals surface area contributed by atoms with E-state index in [-0.39, 0.29) is 0 Å². The largest absolute Gasteiger partial charge is 0.297 e. The lowest BCUT2D eigenvalue weighted by Crippen LogP contribution is -2.41. The summed E-state index contributed by atoms with van der Waals surface area (Å²) in [6, 6.07) is 1.16. The lowest BCUT2D eigenvalue weighted by Gasteiger charge is -2.37. The summed E-state index contributed by atoms with van der Waals surface area (Å²) in [4.78, 5) is 6.82. The van der Waals surface area contributed by atoms with E-state index < -0.39 is 0 Å². The van der Waals surface area contributed by atoms with Gasteiger partial charge < -0.3 is 0 Å². The minimum Gasteiger partial charge on any atom is -0.297 e. The van der Waals surface area contributed by atoms with Gasteiger partial charge in [-0.05, 0) is 65.0 Å². The van der Waals surface area contributed by atoms with Crippen LogP contribution in [0.15, 0.2) is 28.9 Å². The zero-order valence-corrected chi connectivity index (χ0v) is 13.3. The molecule has 0 aromatic rings. The van der Waals surface area contributed by atoms with Crippen LogP contribution in [-0.4, -0.2) is 30.2 Å². The van der Waals surface area contributed by atoms with E-state index >= 15 is 0 Å². The van der Waals surface area contributed by atoms with Crippen molar-refractivity contribution in [3.05, 3.63) is 23.9 Å². The van der Waals surface area contributed by atoms with Crippen LogP contribution in [0.5, 0.6) is 0 Å². The lowest BCUT2D eigenvalue weighted by molar-refractivity contribution is 0.147. The molecule has 1 aliphatic rings. The maximum Gasteiger partial charge on any atom is 0.0334 e. The van der Waals surface area contributed by atoms with Crippen LogP contribution in [0.3, 0.4) is 0 Å². The van der Waals surface area contributed by atoms with Gasteiger partial charge in [0.05, 0.1) is 0 Å². The van der Waals surface area contributed by atoms with Gasteiger partial charge in [-0.25, -0.2) is 0 Å². The molecule has 108 valence electrons. The minimum absolute atomic E-state index is 0.429. The molecule has 0 N–H and O–H groups in total. The van der Waals surface area contributed by atoms with E-state index in [1.165, 1.54) is 31.3 Å². The molecule has 1 atom stereocenters. The fourth-order valence-corrected chi connectivity index (χ4v) is 2.84. The van der Waals surface area contributed by atoms with E-state index in [0.29, 0.717) is 6.04 Å². The van der Waals surface area contributed by atoms with Crippen LogP contribution >= 0.6 is 0 Å². The van der Waals surface area contributed by atoms with Gasteiger partial charge in [0.2, 0.25) is 0 Å². The molecule has 0 aromatic carbocycles. The highest BCUT2D eigenvalue weighted by atomic mass is 15.2. The summed E-state index contributed by atoms with van der Waals surface area (Å²) in [7, 11) is 2.26. The van der Waals surface area contributed by atoms with Gasteiger partial charge in [0.15, 0.2) is 0 Å². The average Bonchev–Trinajstić information content (AvgIpc) is 2.42. The molecule has 1 fully saturated rings. The number of hydrogen-bond donors (Lipinski definition) is 0. The maximum atomic E-state index is 4.29. The highest BCUT2D eigenvalue weighted by Gasteiger charge is 2.25. The molecule has 0 saturated heterocycles.